The highest BCUT2D eigenvalue weighted by molar-refractivity contribution is 14.1. The van der Waals surface area contributed by atoms with E-state index in [1.165, 1.54) is 0 Å². The number of ether oxygens (including phenoxy) is 1. The molecule has 0 radical (unpaired) electrons. The van der Waals surface area contributed by atoms with E-state index in [2.05, 4.69) is 84.5 Å². The number of fused-ring (bicyclic) bond motifs is 1. The van der Waals surface area contributed by atoms with Gasteiger partial charge in [-0.25, -0.2) is 14.5 Å². The van der Waals surface area contributed by atoms with E-state index in [-0.39, 0.29) is 17.2 Å². The summed E-state index contributed by atoms with van der Waals surface area (Å²) in [5, 5.41) is 4.59. The molecule has 0 aromatic carbocycles. The molecule has 1 aliphatic carbocycles. The Labute approximate surface area is 205 Å². The topological polar surface area (TPSA) is 61.5 Å². The number of hydrogen-bond donors (Lipinski definition) is 0. The molecule has 4 rings (SSSR count). The van der Waals surface area contributed by atoms with Crippen molar-refractivity contribution in [3.8, 4) is 11.1 Å². The van der Waals surface area contributed by atoms with Gasteiger partial charge in [0.1, 0.15) is 6.61 Å². The van der Waals surface area contributed by atoms with E-state index in [1.54, 1.807) is 0 Å². The Balaban J connectivity index is 1.42. The Hall–Kier alpha value is -1.36. The number of rotatable bonds is 6. The van der Waals surface area contributed by atoms with E-state index in [9.17, 15) is 0 Å². The molecule has 172 valence electrons. The first kappa shape index (κ1) is 23.8. The highest BCUT2D eigenvalue weighted by Gasteiger charge is 2.42. The quantitative estimate of drug-likeness (QED) is 0.265. The molecule has 2 atom stereocenters. The highest BCUT2D eigenvalue weighted by atomic mass is 127. The van der Waals surface area contributed by atoms with E-state index in [0.717, 1.165) is 45.0 Å². The standard InChI is InChI=1S/C24H33IN4O2Si/c1-16-14-29-20(19(25)13-28-29)10-18(16)17-11-26-23(27-12-17)15-30-21-8-7-9-22(21)31-32(5,6)24(2,3)4/h10-14,21-22H,7-9,15H2,1-6H3/t21-,22-/m0/s1. The summed E-state index contributed by atoms with van der Waals surface area (Å²) in [6, 6.07) is 2.15. The van der Waals surface area contributed by atoms with Crippen molar-refractivity contribution in [1.29, 1.82) is 0 Å². The fourth-order valence-electron chi connectivity index (χ4n) is 3.93. The predicted octanol–water partition coefficient (Wildman–Crippen LogP) is 6.16. The van der Waals surface area contributed by atoms with Gasteiger partial charge < -0.3 is 9.16 Å². The molecule has 1 saturated carbocycles. The molecule has 3 heterocycles. The van der Waals surface area contributed by atoms with Crippen molar-refractivity contribution in [3.05, 3.63) is 45.8 Å². The number of nitrogens with zero attached hydrogens (tertiary/aromatic N) is 4. The molecule has 1 aliphatic rings. The molecule has 0 spiro atoms. The maximum Gasteiger partial charge on any atom is 0.192 e. The zero-order valence-corrected chi connectivity index (χ0v) is 23.0. The van der Waals surface area contributed by atoms with E-state index in [4.69, 9.17) is 9.16 Å². The number of pyridine rings is 1. The second-order valence-corrected chi connectivity index (χ2v) is 16.2. The summed E-state index contributed by atoms with van der Waals surface area (Å²) in [7, 11) is -1.81. The molecule has 3 aromatic rings. The van der Waals surface area contributed by atoms with Gasteiger partial charge in [-0.3, -0.25) is 0 Å². The van der Waals surface area contributed by atoms with Crippen LogP contribution in [-0.4, -0.2) is 40.1 Å². The monoisotopic (exact) mass is 564 g/mol. The van der Waals surface area contributed by atoms with Crippen LogP contribution in [0.15, 0.2) is 30.9 Å². The number of hydrogen-bond acceptors (Lipinski definition) is 5. The largest absolute Gasteiger partial charge is 0.411 e. The lowest BCUT2D eigenvalue weighted by atomic mass is 10.1. The lowest BCUT2D eigenvalue weighted by Crippen LogP contribution is -2.46. The maximum atomic E-state index is 6.66. The molecule has 32 heavy (non-hydrogen) atoms. The van der Waals surface area contributed by atoms with Crippen LogP contribution in [0.2, 0.25) is 18.1 Å². The van der Waals surface area contributed by atoms with Crippen LogP contribution >= 0.6 is 22.6 Å². The first-order valence-electron chi connectivity index (χ1n) is 11.3. The molecule has 0 saturated heterocycles. The van der Waals surface area contributed by atoms with Crippen molar-refractivity contribution in [2.24, 2.45) is 0 Å². The van der Waals surface area contributed by atoms with Gasteiger partial charge in [-0.05, 0) is 84.1 Å². The van der Waals surface area contributed by atoms with Gasteiger partial charge in [-0.1, -0.05) is 20.8 Å². The summed E-state index contributed by atoms with van der Waals surface area (Å²) in [6.07, 6.45) is 11.3. The lowest BCUT2D eigenvalue weighted by Gasteiger charge is -2.39. The molecule has 1 fully saturated rings. The van der Waals surface area contributed by atoms with Crippen molar-refractivity contribution >= 4 is 36.4 Å². The molecular weight excluding hydrogens is 531 g/mol. The Morgan fingerprint density at radius 3 is 2.50 bits per heavy atom. The van der Waals surface area contributed by atoms with Gasteiger partial charge in [0.05, 0.1) is 27.5 Å². The summed E-state index contributed by atoms with van der Waals surface area (Å²) < 4.78 is 15.9. The Bertz CT molecular complexity index is 1090. The van der Waals surface area contributed by atoms with Crippen LogP contribution in [0.5, 0.6) is 0 Å². The molecule has 0 N–H and O–H groups in total. The van der Waals surface area contributed by atoms with Crippen LogP contribution in [-0.2, 0) is 15.8 Å². The van der Waals surface area contributed by atoms with E-state index < -0.39 is 8.32 Å². The zero-order valence-electron chi connectivity index (χ0n) is 19.9. The molecule has 0 unspecified atom stereocenters. The zero-order chi connectivity index (χ0) is 23.1. The smallest absolute Gasteiger partial charge is 0.192 e. The summed E-state index contributed by atoms with van der Waals surface area (Å²) in [4.78, 5) is 9.19. The molecule has 0 amide bonds. The second kappa shape index (κ2) is 9.12. The Morgan fingerprint density at radius 2 is 1.81 bits per heavy atom. The van der Waals surface area contributed by atoms with Crippen LogP contribution < -0.4 is 0 Å². The SMILES string of the molecule is Cc1cn2ncc(I)c2cc1-c1cnc(CO[C@H]2CCC[C@@H]2O[Si](C)(C)C(C)(C)C)nc1. The van der Waals surface area contributed by atoms with E-state index in [1.807, 2.05) is 29.3 Å². The summed E-state index contributed by atoms with van der Waals surface area (Å²) >= 11 is 2.31. The van der Waals surface area contributed by atoms with Crippen LogP contribution in [0, 0.1) is 10.5 Å². The number of aryl methyl sites for hydroxylation is 1. The number of aromatic nitrogens is 4. The molecule has 0 bridgehead atoms. The van der Waals surface area contributed by atoms with Crippen molar-refractivity contribution in [1.82, 2.24) is 19.6 Å². The van der Waals surface area contributed by atoms with Crippen LogP contribution in [0.3, 0.4) is 0 Å². The summed E-state index contributed by atoms with van der Waals surface area (Å²) in [6.45, 7) is 14.0. The van der Waals surface area contributed by atoms with Crippen LogP contribution in [0.25, 0.3) is 16.6 Å². The average molecular weight is 565 g/mol. The van der Waals surface area contributed by atoms with Gasteiger partial charge in [0, 0.05) is 24.2 Å². The lowest BCUT2D eigenvalue weighted by molar-refractivity contribution is -0.0244. The highest BCUT2D eigenvalue weighted by Crippen LogP contribution is 2.40. The third-order valence-electron chi connectivity index (χ3n) is 6.90. The maximum absolute atomic E-state index is 6.66. The molecule has 0 aliphatic heterocycles. The van der Waals surface area contributed by atoms with Gasteiger partial charge in [-0.2, -0.15) is 5.10 Å². The molecule has 6 nitrogen and oxygen atoms in total. The normalized spacial score (nSPS) is 19.7. The second-order valence-electron chi connectivity index (χ2n) is 10.3. The average Bonchev–Trinajstić information content (AvgIpc) is 3.31. The van der Waals surface area contributed by atoms with Gasteiger partial charge in [-0.15, -0.1) is 0 Å². The minimum atomic E-state index is -1.81. The minimum absolute atomic E-state index is 0.126. The van der Waals surface area contributed by atoms with E-state index in [0.29, 0.717) is 12.4 Å². The fraction of sp³-hybridized carbons (Fsp3) is 0.542. The first-order chi connectivity index (χ1) is 15.0. The van der Waals surface area contributed by atoms with Crippen LogP contribution in [0.1, 0.15) is 51.4 Å². The number of halogens is 1. The predicted molar refractivity (Wildman–Crippen MR) is 138 cm³/mol. The van der Waals surface area contributed by atoms with Gasteiger partial charge in [0.25, 0.3) is 0 Å². The van der Waals surface area contributed by atoms with E-state index >= 15 is 0 Å². The van der Waals surface area contributed by atoms with Crippen molar-refractivity contribution < 1.29 is 9.16 Å². The Kier molecular flexibility index (Phi) is 6.77. The van der Waals surface area contributed by atoms with Gasteiger partial charge in [0.15, 0.2) is 14.1 Å². The Morgan fingerprint density at radius 1 is 1.12 bits per heavy atom. The molecular formula is C24H33IN4O2Si. The van der Waals surface area contributed by atoms with Crippen molar-refractivity contribution in [2.45, 2.75) is 83.9 Å². The molecule has 8 heteroatoms. The van der Waals surface area contributed by atoms with Crippen molar-refractivity contribution in [2.75, 3.05) is 0 Å². The third kappa shape index (κ3) is 4.93. The fourth-order valence-corrected chi connectivity index (χ4v) is 5.83. The van der Waals surface area contributed by atoms with Crippen LogP contribution in [0.4, 0.5) is 0 Å². The third-order valence-corrected chi connectivity index (χ3v) is 12.2. The minimum Gasteiger partial charge on any atom is -0.411 e. The molecule has 3 aromatic heterocycles. The van der Waals surface area contributed by atoms with Crippen molar-refractivity contribution in [3.63, 3.8) is 0 Å². The first-order valence-corrected chi connectivity index (χ1v) is 15.3. The summed E-state index contributed by atoms with van der Waals surface area (Å²) in [5.74, 6) is 0.712. The summed E-state index contributed by atoms with van der Waals surface area (Å²) in [5.41, 5.74) is 4.36. The van der Waals surface area contributed by atoms with Gasteiger partial charge in [0.2, 0.25) is 0 Å². The van der Waals surface area contributed by atoms with Gasteiger partial charge >= 0.3 is 0 Å².